The molecule has 8 heteroatoms. The molecule has 0 bridgehead atoms. The first-order chi connectivity index (χ1) is 14.5. The van der Waals surface area contributed by atoms with Crippen molar-refractivity contribution in [3.63, 3.8) is 0 Å². The monoisotopic (exact) mass is 417 g/mol. The van der Waals surface area contributed by atoms with E-state index in [2.05, 4.69) is 10.6 Å². The SMILES string of the molecule is O=C(O)N1CCCCC1.O=C1CCC(c2cccc(OC3CCNCC3)c2)C(=O)N1. The zero-order valence-corrected chi connectivity index (χ0v) is 17.3. The minimum Gasteiger partial charge on any atom is -0.490 e. The number of carbonyl (C=O) groups is 3. The molecule has 1 aromatic carbocycles. The fourth-order valence-corrected chi connectivity index (χ4v) is 4.01. The fourth-order valence-electron chi connectivity index (χ4n) is 4.01. The highest BCUT2D eigenvalue weighted by atomic mass is 16.5. The molecule has 4 rings (SSSR count). The maximum atomic E-state index is 11.9. The molecule has 0 saturated carbocycles. The van der Waals surface area contributed by atoms with Crippen molar-refractivity contribution in [2.45, 2.75) is 57.0 Å². The third-order valence-electron chi connectivity index (χ3n) is 5.72. The third-order valence-corrected chi connectivity index (χ3v) is 5.72. The van der Waals surface area contributed by atoms with E-state index in [-0.39, 0.29) is 23.8 Å². The van der Waals surface area contributed by atoms with Gasteiger partial charge in [0, 0.05) is 19.5 Å². The quantitative estimate of drug-likeness (QED) is 0.652. The summed E-state index contributed by atoms with van der Waals surface area (Å²) >= 11 is 0. The molecule has 3 saturated heterocycles. The molecule has 1 atom stereocenters. The summed E-state index contributed by atoms with van der Waals surface area (Å²) < 4.78 is 6.00. The van der Waals surface area contributed by atoms with Gasteiger partial charge in [-0.05, 0) is 69.3 Å². The lowest BCUT2D eigenvalue weighted by atomic mass is 9.90. The van der Waals surface area contributed by atoms with Crippen LogP contribution in [0.2, 0.25) is 0 Å². The molecule has 3 heterocycles. The zero-order chi connectivity index (χ0) is 21.3. The topological polar surface area (TPSA) is 108 Å². The number of carboxylic acid groups (broad SMARTS) is 1. The van der Waals surface area contributed by atoms with Gasteiger partial charge in [0.05, 0.1) is 5.92 Å². The maximum Gasteiger partial charge on any atom is 0.407 e. The molecule has 1 unspecified atom stereocenters. The van der Waals surface area contributed by atoms with Gasteiger partial charge in [0.2, 0.25) is 11.8 Å². The van der Waals surface area contributed by atoms with Gasteiger partial charge in [-0.1, -0.05) is 12.1 Å². The summed E-state index contributed by atoms with van der Waals surface area (Å²) in [7, 11) is 0. The van der Waals surface area contributed by atoms with Crippen LogP contribution < -0.4 is 15.4 Å². The van der Waals surface area contributed by atoms with E-state index in [4.69, 9.17) is 9.84 Å². The summed E-state index contributed by atoms with van der Waals surface area (Å²) in [5, 5.41) is 14.2. The van der Waals surface area contributed by atoms with Crippen LogP contribution in [-0.4, -0.2) is 60.2 Å². The van der Waals surface area contributed by atoms with Gasteiger partial charge < -0.3 is 20.1 Å². The highest BCUT2D eigenvalue weighted by Crippen LogP contribution is 2.28. The number of likely N-dealkylation sites (tertiary alicyclic amines) is 1. The fraction of sp³-hybridized carbons (Fsp3) is 0.591. The molecule has 3 N–H and O–H groups in total. The van der Waals surface area contributed by atoms with Gasteiger partial charge in [0.15, 0.2) is 0 Å². The summed E-state index contributed by atoms with van der Waals surface area (Å²) in [6, 6.07) is 7.70. The second-order valence-electron chi connectivity index (χ2n) is 7.97. The lowest BCUT2D eigenvalue weighted by molar-refractivity contribution is -0.134. The number of nitrogens with zero attached hydrogens (tertiary/aromatic N) is 1. The van der Waals surface area contributed by atoms with E-state index in [1.807, 2.05) is 24.3 Å². The predicted molar refractivity (Wildman–Crippen MR) is 112 cm³/mol. The lowest BCUT2D eigenvalue weighted by Gasteiger charge is -2.25. The van der Waals surface area contributed by atoms with Crippen molar-refractivity contribution in [2.75, 3.05) is 26.2 Å². The van der Waals surface area contributed by atoms with E-state index < -0.39 is 6.09 Å². The highest BCUT2D eigenvalue weighted by Gasteiger charge is 2.28. The van der Waals surface area contributed by atoms with Crippen LogP contribution in [0.3, 0.4) is 0 Å². The van der Waals surface area contributed by atoms with Gasteiger partial charge in [-0.25, -0.2) is 4.79 Å². The van der Waals surface area contributed by atoms with Gasteiger partial charge in [0.1, 0.15) is 11.9 Å². The van der Waals surface area contributed by atoms with Gasteiger partial charge in [-0.15, -0.1) is 0 Å². The summed E-state index contributed by atoms with van der Waals surface area (Å²) in [5.74, 6) is 0.173. The van der Waals surface area contributed by atoms with Crippen LogP contribution in [0.15, 0.2) is 24.3 Å². The average Bonchev–Trinajstić information content (AvgIpc) is 2.76. The molecule has 0 spiro atoms. The van der Waals surface area contributed by atoms with Gasteiger partial charge in [-0.2, -0.15) is 0 Å². The molecule has 0 aromatic heterocycles. The minimum absolute atomic E-state index is 0.182. The Kier molecular flexibility index (Phi) is 8.07. The molecular formula is C22H31N3O5. The van der Waals surface area contributed by atoms with Crippen molar-refractivity contribution in [2.24, 2.45) is 0 Å². The predicted octanol–water partition coefficient (Wildman–Crippen LogP) is 2.49. The Morgan fingerprint density at radius 2 is 1.80 bits per heavy atom. The Morgan fingerprint density at radius 3 is 2.43 bits per heavy atom. The van der Waals surface area contributed by atoms with Crippen molar-refractivity contribution in [3.8, 4) is 5.75 Å². The van der Waals surface area contributed by atoms with Gasteiger partial charge in [0.25, 0.3) is 0 Å². The van der Waals surface area contributed by atoms with Crippen LogP contribution >= 0.6 is 0 Å². The molecule has 3 amide bonds. The van der Waals surface area contributed by atoms with Crippen LogP contribution in [0.4, 0.5) is 4.79 Å². The largest absolute Gasteiger partial charge is 0.490 e. The van der Waals surface area contributed by atoms with Crippen molar-refractivity contribution < 1.29 is 24.2 Å². The maximum absolute atomic E-state index is 11.9. The lowest BCUT2D eigenvalue weighted by Crippen LogP contribution is -2.39. The summed E-state index contributed by atoms with van der Waals surface area (Å²) in [6.07, 6.45) is 5.70. The molecule has 1 aromatic rings. The van der Waals surface area contributed by atoms with Crippen LogP contribution in [0.5, 0.6) is 5.75 Å². The van der Waals surface area contributed by atoms with Crippen LogP contribution in [-0.2, 0) is 9.59 Å². The van der Waals surface area contributed by atoms with E-state index in [9.17, 15) is 14.4 Å². The number of hydrogen-bond donors (Lipinski definition) is 3. The summed E-state index contributed by atoms with van der Waals surface area (Å²) in [5.41, 5.74) is 0.923. The van der Waals surface area contributed by atoms with Crippen LogP contribution in [0.25, 0.3) is 0 Å². The Bertz CT molecular complexity index is 742. The van der Waals surface area contributed by atoms with Crippen molar-refractivity contribution in [1.29, 1.82) is 0 Å². The molecule has 0 aliphatic carbocycles. The Balaban J connectivity index is 0.000000239. The normalized spacial score (nSPS) is 22.5. The van der Waals surface area contributed by atoms with Crippen molar-refractivity contribution in [1.82, 2.24) is 15.5 Å². The Labute approximate surface area is 177 Å². The first kappa shape index (κ1) is 22.1. The summed E-state index contributed by atoms with van der Waals surface area (Å²) in [6.45, 7) is 3.43. The number of amides is 3. The highest BCUT2D eigenvalue weighted by molar-refractivity contribution is 6.00. The molecule has 3 aliphatic rings. The number of rotatable bonds is 3. The molecule has 3 fully saturated rings. The molecule has 30 heavy (non-hydrogen) atoms. The van der Waals surface area contributed by atoms with E-state index in [0.29, 0.717) is 12.8 Å². The first-order valence-electron chi connectivity index (χ1n) is 10.8. The summed E-state index contributed by atoms with van der Waals surface area (Å²) in [4.78, 5) is 34.9. The number of piperidine rings is 3. The smallest absolute Gasteiger partial charge is 0.407 e. The van der Waals surface area contributed by atoms with Crippen molar-refractivity contribution >= 4 is 17.9 Å². The van der Waals surface area contributed by atoms with Crippen molar-refractivity contribution in [3.05, 3.63) is 29.8 Å². The third kappa shape index (κ3) is 6.45. The van der Waals surface area contributed by atoms with E-state index >= 15 is 0 Å². The minimum atomic E-state index is -0.769. The number of nitrogens with one attached hydrogen (secondary N) is 2. The number of benzene rings is 1. The Morgan fingerprint density at radius 1 is 1.07 bits per heavy atom. The number of carbonyl (C=O) groups excluding carboxylic acids is 2. The van der Waals surface area contributed by atoms with E-state index in [1.165, 1.54) is 11.3 Å². The molecule has 3 aliphatic heterocycles. The number of hydrogen-bond acceptors (Lipinski definition) is 5. The van der Waals surface area contributed by atoms with E-state index in [0.717, 1.165) is 63.2 Å². The molecule has 164 valence electrons. The average molecular weight is 418 g/mol. The van der Waals surface area contributed by atoms with Crippen LogP contribution in [0, 0.1) is 0 Å². The second kappa shape index (κ2) is 11.0. The van der Waals surface area contributed by atoms with Gasteiger partial charge in [-0.3, -0.25) is 14.9 Å². The van der Waals surface area contributed by atoms with Crippen LogP contribution in [0.1, 0.15) is 56.4 Å². The number of ether oxygens (including phenoxy) is 1. The standard InChI is InChI=1S/C16H20N2O3.C6H11NO2/c19-15-5-4-14(16(20)18-15)11-2-1-3-13(10-11)21-12-6-8-17-9-7-12;8-6(9)7-4-2-1-3-5-7/h1-3,10,12,14,17H,4-9H2,(H,18,19,20);1-5H2,(H,8,9). The van der Waals surface area contributed by atoms with E-state index in [1.54, 1.807) is 0 Å². The molecule has 8 nitrogen and oxygen atoms in total. The number of imide groups is 1. The molecular weight excluding hydrogens is 386 g/mol. The molecule has 0 radical (unpaired) electrons. The zero-order valence-electron chi connectivity index (χ0n) is 17.3. The first-order valence-corrected chi connectivity index (χ1v) is 10.8. The van der Waals surface area contributed by atoms with Gasteiger partial charge >= 0.3 is 6.09 Å². The Hall–Kier alpha value is -2.61. The second-order valence-corrected chi connectivity index (χ2v) is 7.97.